The second kappa shape index (κ2) is 8.90. The quantitative estimate of drug-likeness (QED) is 0.636. The van der Waals surface area contributed by atoms with Gasteiger partial charge in [0.15, 0.2) is 0 Å². The lowest BCUT2D eigenvalue weighted by atomic mass is 9.91. The fourth-order valence-corrected chi connectivity index (χ4v) is 3.03. The fraction of sp³-hybridized carbons (Fsp3) is 0.348. The van der Waals surface area contributed by atoms with Crippen LogP contribution in [-0.4, -0.2) is 23.2 Å². The number of amides is 1. The van der Waals surface area contributed by atoms with Gasteiger partial charge in [0.25, 0.3) is 0 Å². The molecular weight excluding hydrogens is 366 g/mol. The van der Waals surface area contributed by atoms with E-state index < -0.39 is 6.04 Å². The zero-order valence-electron chi connectivity index (χ0n) is 17.3. The molecule has 6 heteroatoms. The van der Waals surface area contributed by atoms with Gasteiger partial charge in [-0.25, -0.2) is 0 Å². The van der Waals surface area contributed by atoms with Crippen LogP contribution < -0.4 is 10.1 Å². The van der Waals surface area contributed by atoms with E-state index in [1.165, 1.54) is 0 Å². The van der Waals surface area contributed by atoms with E-state index in [2.05, 4.69) is 15.5 Å². The Kier molecular flexibility index (Phi) is 6.32. The minimum atomic E-state index is -0.404. The first-order valence-electron chi connectivity index (χ1n) is 9.65. The maximum Gasteiger partial charge on any atom is 0.249 e. The number of aromatic nitrogens is 2. The Bertz CT molecular complexity index is 945. The molecule has 0 fully saturated rings. The zero-order chi connectivity index (χ0) is 20.9. The summed E-state index contributed by atoms with van der Waals surface area (Å²) >= 11 is 0. The summed E-state index contributed by atoms with van der Waals surface area (Å²) in [6, 6.07) is 17.0. The Labute approximate surface area is 171 Å². The van der Waals surface area contributed by atoms with Crippen LogP contribution in [0.15, 0.2) is 59.1 Å². The maximum absolute atomic E-state index is 12.6. The van der Waals surface area contributed by atoms with Crippen LogP contribution in [0.3, 0.4) is 0 Å². The van der Waals surface area contributed by atoms with Crippen LogP contribution >= 0.6 is 0 Å². The van der Waals surface area contributed by atoms with Crippen molar-refractivity contribution in [3.63, 3.8) is 0 Å². The van der Waals surface area contributed by atoms with Gasteiger partial charge in [-0.3, -0.25) is 4.79 Å². The van der Waals surface area contributed by atoms with Crippen LogP contribution in [0.1, 0.15) is 44.7 Å². The zero-order valence-corrected chi connectivity index (χ0v) is 17.3. The third-order valence-electron chi connectivity index (χ3n) is 4.38. The summed E-state index contributed by atoms with van der Waals surface area (Å²) in [6.45, 7) is 6.10. The van der Waals surface area contributed by atoms with E-state index in [9.17, 15) is 4.79 Å². The lowest BCUT2D eigenvalue weighted by Crippen LogP contribution is -2.32. The molecule has 29 heavy (non-hydrogen) atoms. The number of rotatable bonds is 7. The van der Waals surface area contributed by atoms with E-state index in [0.29, 0.717) is 30.3 Å². The summed E-state index contributed by atoms with van der Waals surface area (Å²) < 4.78 is 10.8. The van der Waals surface area contributed by atoms with E-state index in [0.717, 1.165) is 11.1 Å². The highest BCUT2D eigenvalue weighted by atomic mass is 16.5. The number of carbonyl (C=O) groups excluding carboxylic acids is 1. The number of nitrogens with one attached hydrogen (secondary N) is 1. The van der Waals surface area contributed by atoms with Gasteiger partial charge >= 0.3 is 0 Å². The van der Waals surface area contributed by atoms with Crippen LogP contribution in [0.5, 0.6) is 5.75 Å². The van der Waals surface area contributed by atoms with Crippen LogP contribution in [0.2, 0.25) is 0 Å². The van der Waals surface area contributed by atoms with Crippen molar-refractivity contribution in [2.45, 2.75) is 39.7 Å². The third-order valence-corrected chi connectivity index (χ3v) is 4.38. The first-order valence-corrected chi connectivity index (χ1v) is 9.65. The Morgan fingerprint density at radius 1 is 1.14 bits per heavy atom. The molecule has 0 bridgehead atoms. The second-order valence-electron chi connectivity index (χ2n) is 8.24. The number of hydrogen-bond donors (Lipinski definition) is 1. The molecule has 0 spiro atoms. The Balaban J connectivity index is 1.85. The number of carbonyl (C=O) groups is 1. The van der Waals surface area contributed by atoms with Gasteiger partial charge in [-0.05, 0) is 23.1 Å². The molecule has 1 heterocycles. The van der Waals surface area contributed by atoms with Gasteiger partial charge in [0.05, 0.1) is 7.11 Å². The Hall–Kier alpha value is -3.15. The molecule has 6 nitrogen and oxygen atoms in total. The average Bonchev–Trinajstić information content (AvgIpc) is 3.17. The fourth-order valence-electron chi connectivity index (χ4n) is 3.03. The smallest absolute Gasteiger partial charge is 0.249 e. The Morgan fingerprint density at radius 2 is 1.90 bits per heavy atom. The summed E-state index contributed by atoms with van der Waals surface area (Å²) in [6.07, 6.45) is 0.978. The number of hydrogen-bond acceptors (Lipinski definition) is 5. The molecule has 0 aliphatic rings. The summed E-state index contributed by atoms with van der Waals surface area (Å²) in [5, 5.41) is 7.18. The van der Waals surface area contributed by atoms with Crippen molar-refractivity contribution in [1.29, 1.82) is 0 Å². The highest BCUT2D eigenvalue weighted by Crippen LogP contribution is 2.25. The molecule has 0 unspecified atom stereocenters. The van der Waals surface area contributed by atoms with E-state index in [1.54, 1.807) is 7.11 Å². The van der Waals surface area contributed by atoms with Crippen molar-refractivity contribution >= 4 is 5.91 Å². The normalized spacial score (nSPS) is 12.4. The Morgan fingerprint density at radius 3 is 2.59 bits per heavy atom. The molecule has 3 rings (SSSR count). The largest absolute Gasteiger partial charge is 0.497 e. The van der Waals surface area contributed by atoms with Gasteiger partial charge in [0.2, 0.25) is 17.6 Å². The molecule has 1 aromatic heterocycles. The highest BCUT2D eigenvalue weighted by Gasteiger charge is 2.24. The SMILES string of the molecule is COc1cccc(-c2noc([C@H](Cc3ccccc3)NC(=O)CC(C)(C)C)n2)c1. The van der Waals surface area contributed by atoms with Crippen molar-refractivity contribution in [3.8, 4) is 17.1 Å². The van der Waals surface area contributed by atoms with Gasteiger partial charge in [0, 0.05) is 18.4 Å². The molecule has 0 saturated heterocycles. The van der Waals surface area contributed by atoms with Crippen molar-refractivity contribution in [3.05, 3.63) is 66.1 Å². The van der Waals surface area contributed by atoms with Gasteiger partial charge in [-0.2, -0.15) is 4.98 Å². The standard InChI is InChI=1S/C23H27N3O3/c1-23(2,3)15-20(27)24-19(13-16-9-6-5-7-10-16)22-25-21(26-29-22)17-11-8-12-18(14-17)28-4/h5-12,14,19H,13,15H2,1-4H3,(H,24,27)/t19-/m0/s1. The van der Waals surface area contributed by atoms with E-state index in [4.69, 9.17) is 9.26 Å². The van der Waals surface area contributed by atoms with Crippen molar-refractivity contribution in [2.24, 2.45) is 5.41 Å². The van der Waals surface area contributed by atoms with Gasteiger partial charge in [0.1, 0.15) is 11.8 Å². The lowest BCUT2D eigenvalue weighted by molar-refractivity contribution is -0.123. The van der Waals surface area contributed by atoms with E-state index in [-0.39, 0.29) is 11.3 Å². The van der Waals surface area contributed by atoms with Crippen LogP contribution in [0.4, 0.5) is 0 Å². The van der Waals surface area contributed by atoms with Crippen molar-refractivity contribution in [2.75, 3.05) is 7.11 Å². The van der Waals surface area contributed by atoms with Crippen LogP contribution in [-0.2, 0) is 11.2 Å². The summed E-state index contributed by atoms with van der Waals surface area (Å²) in [5.41, 5.74) is 1.76. The number of nitrogens with zero attached hydrogens (tertiary/aromatic N) is 2. The lowest BCUT2D eigenvalue weighted by Gasteiger charge is -2.20. The first-order chi connectivity index (χ1) is 13.8. The molecule has 1 N–H and O–H groups in total. The topological polar surface area (TPSA) is 77.3 Å². The molecule has 152 valence electrons. The number of benzene rings is 2. The average molecular weight is 393 g/mol. The molecule has 0 aliphatic heterocycles. The molecule has 0 aliphatic carbocycles. The molecule has 0 saturated carbocycles. The van der Waals surface area contributed by atoms with Crippen LogP contribution in [0.25, 0.3) is 11.4 Å². The molecular formula is C23H27N3O3. The first kappa shape index (κ1) is 20.6. The molecule has 2 aromatic carbocycles. The minimum absolute atomic E-state index is 0.0421. The van der Waals surface area contributed by atoms with Crippen molar-refractivity contribution < 1.29 is 14.1 Å². The molecule has 0 radical (unpaired) electrons. The van der Waals surface area contributed by atoms with Gasteiger partial charge in [-0.15, -0.1) is 0 Å². The number of ether oxygens (including phenoxy) is 1. The predicted molar refractivity (Wildman–Crippen MR) is 111 cm³/mol. The number of methoxy groups -OCH3 is 1. The summed E-state index contributed by atoms with van der Waals surface area (Å²) in [5.74, 6) is 1.52. The third kappa shape index (κ3) is 5.91. The van der Waals surface area contributed by atoms with E-state index >= 15 is 0 Å². The molecule has 1 atom stereocenters. The summed E-state index contributed by atoms with van der Waals surface area (Å²) in [7, 11) is 1.61. The molecule has 1 amide bonds. The monoisotopic (exact) mass is 393 g/mol. The van der Waals surface area contributed by atoms with Crippen LogP contribution in [0, 0.1) is 5.41 Å². The molecule has 3 aromatic rings. The second-order valence-corrected chi connectivity index (χ2v) is 8.24. The van der Waals surface area contributed by atoms with Gasteiger partial charge < -0.3 is 14.6 Å². The maximum atomic E-state index is 12.6. The summed E-state index contributed by atoms with van der Waals surface area (Å²) in [4.78, 5) is 17.1. The van der Waals surface area contributed by atoms with E-state index in [1.807, 2.05) is 75.4 Å². The van der Waals surface area contributed by atoms with Gasteiger partial charge in [-0.1, -0.05) is 68.4 Å². The van der Waals surface area contributed by atoms with Crippen molar-refractivity contribution in [1.82, 2.24) is 15.5 Å². The highest BCUT2D eigenvalue weighted by molar-refractivity contribution is 5.77. The predicted octanol–water partition coefficient (Wildman–Crippen LogP) is 4.58. The minimum Gasteiger partial charge on any atom is -0.497 e.